The van der Waals surface area contributed by atoms with Gasteiger partial charge in [-0.3, -0.25) is 0 Å². The summed E-state index contributed by atoms with van der Waals surface area (Å²) in [5.41, 5.74) is 11.8. The summed E-state index contributed by atoms with van der Waals surface area (Å²) in [6, 6.07) is 69.9. The number of aliphatic imine (C=N–C) groups is 2. The fraction of sp³-hybridized carbons (Fsp3) is 0. The first-order valence-corrected chi connectivity index (χ1v) is 21.7. The number of nitrogens with zero attached hydrogens (tertiary/aromatic N) is 3. The van der Waals surface area contributed by atoms with Gasteiger partial charge in [0.05, 0.1) is 11.0 Å². The number of rotatable bonds is 6. The molecule has 0 saturated carbocycles. The van der Waals surface area contributed by atoms with Gasteiger partial charge in [-0.25, -0.2) is 9.98 Å². The first-order chi connectivity index (χ1) is 27.7. The van der Waals surface area contributed by atoms with Crippen molar-refractivity contribution in [1.82, 2.24) is 4.57 Å². The van der Waals surface area contributed by atoms with Crippen LogP contribution in [0.5, 0.6) is 0 Å². The van der Waals surface area contributed by atoms with Crippen molar-refractivity contribution in [1.29, 1.82) is 0 Å². The van der Waals surface area contributed by atoms with Gasteiger partial charge in [0.1, 0.15) is 7.35 Å². The largest absolute Gasteiger partial charge is 0.309 e. The topological polar surface area (TPSA) is 29.6 Å². The molecule has 10 aromatic rings. The number of thiophene rings is 1. The molecule has 0 aliphatic carbocycles. The van der Waals surface area contributed by atoms with Gasteiger partial charge in [0.25, 0.3) is 0 Å². The summed E-state index contributed by atoms with van der Waals surface area (Å²) in [6.07, 6.45) is 0. The summed E-state index contributed by atoms with van der Waals surface area (Å²) >= 11 is 1.22. The van der Waals surface area contributed by atoms with E-state index >= 15 is 0 Å². The van der Waals surface area contributed by atoms with E-state index in [4.69, 9.17) is 9.98 Å². The van der Waals surface area contributed by atoms with Crippen LogP contribution in [-0.2, 0) is 0 Å². The molecule has 3 heterocycles. The highest BCUT2D eigenvalue weighted by Gasteiger charge is 2.19. The van der Waals surface area contributed by atoms with Crippen molar-refractivity contribution in [3.8, 4) is 27.9 Å². The Morgan fingerprint density at radius 2 is 1.05 bits per heavy atom. The molecule has 5 heteroatoms. The molecule has 0 radical (unpaired) electrons. The van der Waals surface area contributed by atoms with Crippen molar-refractivity contribution in [3.05, 3.63) is 211 Å². The van der Waals surface area contributed by atoms with E-state index in [1.54, 1.807) is 0 Å². The maximum atomic E-state index is 5.23. The molecule has 0 amide bonds. The highest BCUT2D eigenvalue weighted by Crippen LogP contribution is 2.42. The second kappa shape index (κ2) is 13.8. The van der Waals surface area contributed by atoms with E-state index in [-0.39, 0.29) is 0 Å². The summed E-state index contributed by atoms with van der Waals surface area (Å²) in [6.45, 7) is 0. The van der Waals surface area contributed by atoms with Gasteiger partial charge in [0.2, 0.25) is 0 Å². The van der Waals surface area contributed by atoms with Crippen LogP contribution in [-0.4, -0.2) is 17.8 Å². The molecule has 8 aromatic carbocycles. The number of hydrogen-bond donors (Lipinski definition) is 0. The van der Waals surface area contributed by atoms with Crippen LogP contribution >= 0.6 is 32.1 Å². The van der Waals surface area contributed by atoms with Crippen LogP contribution in [0.1, 0.15) is 16.7 Å². The number of benzene rings is 8. The molecule has 3 nitrogen and oxygen atoms in total. The molecule has 0 atom stereocenters. The van der Waals surface area contributed by atoms with Crippen LogP contribution in [0.25, 0.3) is 69.9 Å². The Bertz CT molecular complexity index is 3230. The second-order valence-electron chi connectivity index (χ2n) is 13.9. The zero-order chi connectivity index (χ0) is 37.0. The van der Waals surface area contributed by atoms with Crippen LogP contribution in [0.3, 0.4) is 0 Å². The van der Waals surface area contributed by atoms with Crippen LogP contribution < -0.4 is 0 Å². The molecule has 0 bridgehead atoms. The highest BCUT2D eigenvalue weighted by molar-refractivity contribution is 14.2. The van der Waals surface area contributed by atoms with E-state index in [9.17, 15) is 0 Å². The van der Waals surface area contributed by atoms with Gasteiger partial charge in [-0.15, -0.1) is 11.3 Å². The first-order valence-electron chi connectivity index (χ1n) is 18.7. The number of hydrogen-bond acceptors (Lipinski definition) is 3. The lowest BCUT2D eigenvalue weighted by atomic mass is 10.0. The van der Waals surface area contributed by atoms with Crippen molar-refractivity contribution in [3.63, 3.8) is 0 Å². The fourth-order valence-corrected chi connectivity index (χ4v) is 11.6. The van der Waals surface area contributed by atoms with Gasteiger partial charge in [0.15, 0.2) is 5.84 Å². The predicted molar refractivity (Wildman–Crippen MR) is 249 cm³/mol. The van der Waals surface area contributed by atoms with Gasteiger partial charge in [-0.05, 0) is 85.4 Å². The van der Waals surface area contributed by atoms with Crippen molar-refractivity contribution in [2.75, 3.05) is 0 Å². The van der Waals surface area contributed by atoms with Crippen LogP contribution in [0.4, 0.5) is 0 Å². The number of halogens is 1. The number of aromatic nitrogens is 1. The third-order valence-corrected chi connectivity index (χ3v) is 14.5. The average Bonchev–Trinajstić information content (AvgIpc) is 3.83. The van der Waals surface area contributed by atoms with Gasteiger partial charge < -0.3 is 4.57 Å². The Morgan fingerprint density at radius 1 is 0.411 bits per heavy atom. The predicted octanol–water partition coefficient (Wildman–Crippen LogP) is 13.8. The molecule has 11 rings (SSSR count). The Balaban J connectivity index is 0.999. The lowest BCUT2D eigenvalue weighted by Crippen LogP contribution is -2.11. The number of fused-ring (bicyclic) bond motifs is 6. The molecular formula is C51H32IN3S. The summed E-state index contributed by atoms with van der Waals surface area (Å²) in [5, 5.41) is 5.15. The Morgan fingerprint density at radius 3 is 1.89 bits per heavy atom. The van der Waals surface area contributed by atoms with Gasteiger partial charge in [-0.2, -0.15) is 0 Å². The molecule has 56 heavy (non-hydrogen) atoms. The molecule has 1 aliphatic rings. The summed E-state index contributed by atoms with van der Waals surface area (Å²) in [4.78, 5) is 10.4. The first kappa shape index (κ1) is 33.1. The van der Waals surface area contributed by atoms with Crippen LogP contribution in [0.15, 0.2) is 204 Å². The van der Waals surface area contributed by atoms with E-state index < -0.39 is 20.7 Å². The quantitative estimate of drug-likeness (QED) is 0.149. The summed E-state index contributed by atoms with van der Waals surface area (Å²) in [7, 11) is 0. The normalized spacial score (nSPS) is 13.1. The third kappa shape index (κ3) is 5.74. The van der Waals surface area contributed by atoms with Crippen molar-refractivity contribution >= 4 is 87.2 Å². The smallest absolute Gasteiger partial charge is 0.161 e. The fourth-order valence-electron chi connectivity index (χ4n) is 7.89. The van der Waals surface area contributed by atoms with Gasteiger partial charge in [-0.1, -0.05) is 152 Å². The monoisotopic (exact) mass is 845 g/mol. The average molecular weight is 846 g/mol. The number of amidine groups is 1. The molecule has 0 N–H and O–H groups in total. The lowest BCUT2D eigenvalue weighted by Gasteiger charge is -2.14. The Labute approximate surface area is 338 Å². The standard InChI is InChI=1S/C51H32IN3S/c1-3-13-33(14-4-1)36-17-11-18-38(31-36)50-52-49(53-51(54-50)35-15-5-2-6-16-35)34-25-28-39(29-26-34)55-45-23-9-7-19-41(45)44-32-37(27-30-46(44)55)40-21-12-22-43-42-20-8-10-24-47(42)56-48(40)43/h1-32H. The van der Waals surface area contributed by atoms with Crippen molar-refractivity contribution < 1.29 is 0 Å². The molecule has 0 saturated heterocycles. The zero-order valence-corrected chi connectivity index (χ0v) is 33.1. The van der Waals surface area contributed by atoms with E-state index in [1.807, 2.05) is 17.4 Å². The van der Waals surface area contributed by atoms with E-state index in [0.29, 0.717) is 0 Å². The van der Waals surface area contributed by atoms with Crippen LogP contribution in [0, 0.1) is 0 Å². The van der Waals surface area contributed by atoms with E-state index in [2.05, 4.69) is 193 Å². The molecule has 2 aromatic heterocycles. The van der Waals surface area contributed by atoms with E-state index in [1.165, 1.54) is 64.2 Å². The van der Waals surface area contributed by atoms with Crippen LogP contribution in [0.2, 0.25) is 0 Å². The Kier molecular flexibility index (Phi) is 8.14. The minimum atomic E-state index is -0.663. The van der Waals surface area contributed by atoms with Crippen molar-refractivity contribution in [2.45, 2.75) is 0 Å². The molecule has 0 unspecified atom stereocenters. The molecule has 0 spiro atoms. The Hall–Kier alpha value is -6.28. The minimum Gasteiger partial charge on any atom is -0.309 e. The third-order valence-electron chi connectivity index (χ3n) is 10.6. The lowest BCUT2D eigenvalue weighted by molar-refractivity contribution is 1.18. The maximum absolute atomic E-state index is 5.23. The SMILES string of the molecule is c1ccc(C2=NC(c3cccc(-c4ccccc4)c3)=IC(c3ccc(-n4c5ccccc5c5cc(-c6cccc7c6sc6ccccc67)ccc54)cc3)=N2)cc1. The maximum Gasteiger partial charge on any atom is 0.161 e. The minimum absolute atomic E-state index is 0.663. The summed E-state index contributed by atoms with van der Waals surface area (Å²) in [5.74, 6) is 0.764. The second-order valence-corrected chi connectivity index (χ2v) is 17.6. The summed E-state index contributed by atoms with van der Waals surface area (Å²) < 4.78 is 7.31. The zero-order valence-electron chi connectivity index (χ0n) is 30.1. The van der Waals surface area contributed by atoms with Gasteiger partial charge in [0, 0.05) is 53.3 Å². The molecular weight excluding hydrogens is 814 g/mol. The van der Waals surface area contributed by atoms with Gasteiger partial charge >= 0.3 is 0 Å². The molecule has 1 aliphatic heterocycles. The number of para-hydroxylation sites is 1. The highest BCUT2D eigenvalue weighted by atomic mass is 127. The molecule has 264 valence electrons. The van der Waals surface area contributed by atoms with Crippen molar-refractivity contribution in [2.24, 2.45) is 9.98 Å². The van der Waals surface area contributed by atoms with E-state index in [0.717, 1.165) is 35.6 Å². The molecule has 0 fully saturated rings.